The minimum absolute atomic E-state index is 0.200. The molecule has 2 aromatic rings. The standard InChI is InChI=1S/C24H29Cl2N3O2S/c1-32-13-10-22(28-23(30)20-9-8-19(25)14-21(20)26)24(31)27-15-17-6-2-3-7-18(17)16-29-11-4-5-12-29/h2-3,6-9,14,22H,4-5,10-13,15-16H2,1H3,(H,27,31)(H,28,30). The van der Waals surface area contributed by atoms with Crippen molar-refractivity contribution >= 4 is 46.8 Å². The third-order valence-electron chi connectivity index (χ3n) is 5.57. The molecule has 2 amide bonds. The van der Waals surface area contributed by atoms with Crippen molar-refractivity contribution in [2.24, 2.45) is 0 Å². The van der Waals surface area contributed by atoms with Crippen LogP contribution in [0.25, 0.3) is 0 Å². The Bertz CT molecular complexity index is 935. The van der Waals surface area contributed by atoms with Crippen LogP contribution in [0.1, 0.15) is 40.7 Å². The number of benzene rings is 2. The van der Waals surface area contributed by atoms with Gasteiger partial charge in [-0.05, 0) is 73.7 Å². The van der Waals surface area contributed by atoms with Crippen molar-refractivity contribution in [3.8, 4) is 0 Å². The highest BCUT2D eigenvalue weighted by molar-refractivity contribution is 7.98. The van der Waals surface area contributed by atoms with Gasteiger partial charge in [0.15, 0.2) is 0 Å². The van der Waals surface area contributed by atoms with Gasteiger partial charge in [0.1, 0.15) is 6.04 Å². The van der Waals surface area contributed by atoms with Gasteiger partial charge in [-0.25, -0.2) is 0 Å². The smallest absolute Gasteiger partial charge is 0.253 e. The van der Waals surface area contributed by atoms with Gasteiger partial charge in [0.25, 0.3) is 5.91 Å². The molecule has 0 saturated carbocycles. The number of hydrogen-bond donors (Lipinski definition) is 2. The van der Waals surface area contributed by atoms with Crippen LogP contribution in [-0.4, -0.2) is 47.9 Å². The predicted molar refractivity (Wildman–Crippen MR) is 134 cm³/mol. The van der Waals surface area contributed by atoms with E-state index in [1.165, 1.54) is 24.5 Å². The first-order chi connectivity index (χ1) is 15.5. The summed E-state index contributed by atoms with van der Waals surface area (Å²) in [4.78, 5) is 28.2. The van der Waals surface area contributed by atoms with Crippen molar-refractivity contribution in [3.63, 3.8) is 0 Å². The monoisotopic (exact) mass is 493 g/mol. The van der Waals surface area contributed by atoms with E-state index < -0.39 is 6.04 Å². The highest BCUT2D eigenvalue weighted by atomic mass is 35.5. The Labute approximate surface area is 204 Å². The Kier molecular flexibility index (Phi) is 9.72. The van der Waals surface area contributed by atoms with Crippen molar-refractivity contribution in [2.45, 2.75) is 38.4 Å². The zero-order chi connectivity index (χ0) is 22.9. The summed E-state index contributed by atoms with van der Waals surface area (Å²) in [6.45, 7) is 3.57. The van der Waals surface area contributed by atoms with E-state index in [1.54, 1.807) is 23.9 Å². The van der Waals surface area contributed by atoms with Crippen LogP contribution >= 0.6 is 35.0 Å². The van der Waals surface area contributed by atoms with E-state index in [9.17, 15) is 9.59 Å². The summed E-state index contributed by atoms with van der Waals surface area (Å²) in [6, 6.07) is 12.2. The molecule has 8 heteroatoms. The molecule has 172 valence electrons. The van der Waals surface area contributed by atoms with Gasteiger partial charge in [-0.2, -0.15) is 11.8 Å². The molecule has 1 aliphatic heterocycles. The number of nitrogens with zero attached hydrogens (tertiary/aromatic N) is 1. The van der Waals surface area contributed by atoms with Crippen LogP contribution < -0.4 is 10.6 Å². The van der Waals surface area contributed by atoms with Gasteiger partial charge < -0.3 is 10.6 Å². The fourth-order valence-corrected chi connectivity index (χ4v) is 4.75. The van der Waals surface area contributed by atoms with Gasteiger partial charge >= 0.3 is 0 Å². The average Bonchev–Trinajstić information content (AvgIpc) is 3.28. The Morgan fingerprint density at radius 1 is 1.09 bits per heavy atom. The van der Waals surface area contributed by atoms with Gasteiger partial charge in [-0.3, -0.25) is 14.5 Å². The molecular formula is C24H29Cl2N3O2S. The molecule has 5 nitrogen and oxygen atoms in total. The molecule has 1 atom stereocenters. The summed E-state index contributed by atoms with van der Waals surface area (Å²) >= 11 is 13.7. The van der Waals surface area contributed by atoms with E-state index in [0.717, 1.165) is 31.0 Å². The summed E-state index contributed by atoms with van der Waals surface area (Å²) in [5, 5.41) is 6.57. The number of thioether (sulfide) groups is 1. The molecule has 2 aromatic carbocycles. The number of nitrogens with one attached hydrogen (secondary N) is 2. The third-order valence-corrected chi connectivity index (χ3v) is 6.76. The molecule has 3 rings (SSSR count). The van der Waals surface area contributed by atoms with Crippen LogP contribution in [-0.2, 0) is 17.9 Å². The van der Waals surface area contributed by atoms with Crippen molar-refractivity contribution in [2.75, 3.05) is 25.1 Å². The zero-order valence-corrected chi connectivity index (χ0v) is 20.5. The summed E-state index contributed by atoms with van der Waals surface area (Å²) in [7, 11) is 0. The Morgan fingerprint density at radius 2 is 1.81 bits per heavy atom. The summed E-state index contributed by atoms with van der Waals surface area (Å²) in [5.74, 6) is 0.161. The topological polar surface area (TPSA) is 61.4 Å². The van der Waals surface area contributed by atoms with Crippen molar-refractivity contribution in [3.05, 3.63) is 69.2 Å². The number of likely N-dealkylation sites (tertiary alicyclic amines) is 1. The second-order valence-electron chi connectivity index (χ2n) is 7.90. The maximum atomic E-state index is 13.0. The minimum atomic E-state index is -0.646. The van der Waals surface area contributed by atoms with Gasteiger partial charge in [0, 0.05) is 18.1 Å². The van der Waals surface area contributed by atoms with Gasteiger partial charge in [0.05, 0.1) is 10.6 Å². The van der Waals surface area contributed by atoms with Gasteiger partial charge in [0.2, 0.25) is 5.91 Å². The van der Waals surface area contributed by atoms with Crippen LogP contribution in [0, 0.1) is 0 Å². The van der Waals surface area contributed by atoms with Crippen molar-refractivity contribution in [1.82, 2.24) is 15.5 Å². The largest absolute Gasteiger partial charge is 0.350 e. The van der Waals surface area contributed by atoms with Crippen molar-refractivity contribution < 1.29 is 9.59 Å². The predicted octanol–water partition coefficient (Wildman–Crippen LogP) is 4.76. The number of halogens is 2. The number of carbonyl (C=O) groups is 2. The minimum Gasteiger partial charge on any atom is -0.350 e. The first-order valence-electron chi connectivity index (χ1n) is 10.8. The molecular weight excluding hydrogens is 465 g/mol. The molecule has 1 heterocycles. The van der Waals surface area contributed by atoms with E-state index in [0.29, 0.717) is 23.6 Å². The summed E-state index contributed by atoms with van der Waals surface area (Å²) in [6.07, 6.45) is 4.99. The lowest BCUT2D eigenvalue weighted by Crippen LogP contribution is -2.47. The highest BCUT2D eigenvalue weighted by Crippen LogP contribution is 2.21. The number of rotatable bonds is 10. The summed E-state index contributed by atoms with van der Waals surface area (Å²) in [5.41, 5.74) is 2.63. The van der Waals surface area contributed by atoms with E-state index in [1.807, 2.05) is 18.4 Å². The first-order valence-corrected chi connectivity index (χ1v) is 12.9. The fourth-order valence-electron chi connectivity index (χ4n) is 3.79. The van der Waals surface area contributed by atoms with Crippen molar-refractivity contribution in [1.29, 1.82) is 0 Å². The maximum absolute atomic E-state index is 13.0. The average molecular weight is 494 g/mol. The van der Waals surface area contributed by atoms with E-state index in [2.05, 4.69) is 27.7 Å². The van der Waals surface area contributed by atoms with Crippen LogP contribution in [0.4, 0.5) is 0 Å². The third kappa shape index (κ3) is 7.14. The van der Waals surface area contributed by atoms with Crippen LogP contribution in [0.5, 0.6) is 0 Å². The number of hydrogen-bond acceptors (Lipinski definition) is 4. The lowest BCUT2D eigenvalue weighted by atomic mass is 10.1. The molecule has 0 radical (unpaired) electrons. The van der Waals surface area contributed by atoms with E-state index in [-0.39, 0.29) is 16.8 Å². The molecule has 1 saturated heterocycles. The second-order valence-corrected chi connectivity index (χ2v) is 9.73. The second kappa shape index (κ2) is 12.5. The molecule has 1 unspecified atom stereocenters. The molecule has 2 N–H and O–H groups in total. The molecule has 1 fully saturated rings. The van der Waals surface area contributed by atoms with Crippen LogP contribution in [0.3, 0.4) is 0 Å². The van der Waals surface area contributed by atoms with E-state index >= 15 is 0 Å². The Hall–Kier alpha value is -1.73. The Balaban J connectivity index is 1.64. The molecule has 0 spiro atoms. The fraction of sp³-hybridized carbons (Fsp3) is 0.417. The normalized spacial score (nSPS) is 14.8. The van der Waals surface area contributed by atoms with E-state index in [4.69, 9.17) is 23.2 Å². The Morgan fingerprint density at radius 3 is 2.50 bits per heavy atom. The molecule has 0 bridgehead atoms. The number of amides is 2. The quantitative estimate of drug-likeness (QED) is 0.500. The SMILES string of the molecule is CSCCC(NC(=O)c1ccc(Cl)cc1Cl)C(=O)NCc1ccccc1CN1CCCC1. The highest BCUT2D eigenvalue weighted by Gasteiger charge is 2.22. The molecule has 32 heavy (non-hydrogen) atoms. The summed E-state index contributed by atoms with van der Waals surface area (Å²) < 4.78 is 0. The lowest BCUT2D eigenvalue weighted by molar-refractivity contribution is -0.123. The number of carbonyl (C=O) groups excluding carboxylic acids is 2. The van der Waals surface area contributed by atoms with Crippen LogP contribution in [0.15, 0.2) is 42.5 Å². The zero-order valence-electron chi connectivity index (χ0n) is 18.2. The first kappa shape index (κ1) is 24.9. The van der Waals surface area contributed by atoms with Gasteiger partial charge in [-0.1, -0.05) is 47.5 Å². The molecule has 0 aromatic heterocycles. The molecule has 0 aliphatic carbocycles. The van der Waals surface area contributed by atoms with Crippen LogP contribution in [0.2, 0.25) is 10.0 Å². The maximum Gasteiger partial charge on any atom is 0.253 e. The molecule has 1 aliphatic rings. The van der Waals surface area contributed by atoms with Gasteiger partial charge in [-0.15, -0.1) is 0 Å². The lowest BCUT2D eigenvalue weighted by Gasteiger charge is -2.20.